The van der Waals surface area contributed by atoms with Crippen LogP contribution in [0.1, 0.15) is 25.3 Å². The minimum absolute atomic E-state index is 0.0474. The zero-order valence-electron chi connectivity index (χ0n) is 12.5. The summed E-state index contributed by atoms with van der Waals surface area (Å²) in [5.74, 6) is 0.0474. The average molecular weight is 278 g/mol. The fourth-order valence-electron chi connectivity index (χ4n) is 1.95. The summed E-state index contributed by atoms with van der Waals surface area (Å²) >= 11 is 0. The summed E-state index contributed by atoms with van der Waals surface area (Å²) in [6, 6.07) is 10.3. The lowest BCUT2D eigenvalue weighted by atomic mass is 10.1. The second-order valence-electron chi connectivity index (χ2n) is 5.31. The van der Waals surface area contributed by atoms with Crippen molar-refractivity contribution >= 4 is 5.91 Å². The fourth-order valence-corrected chi connectivity index (χ4v) is 1.95. The van der Waals surface area contributed by atoms with Gasteiger partial charge in [-0.1, -0.05) is 30.3 Å². The number of rotatable bonds is 9. The number of aryl methyl sites for hydroxylation is 1. The summed E-state index contributed by atoms with van der Waals surface area (Å²) in [7, 11) is 1.89. The Morgan fingerprint density at radius 3 is 2.70 bits per heavy atom. The van der Waals surface area contributed by atoms with Crippen molar-refractivity contribution in [3.05, 3.63) is 35.9 Å². The number of carbonyl (C=O) groups is 1. The molecule has 0 aliphatic heterocycles. The molecule has 1 amide bonds. The largest absolute Gasteiger partial charge is 0.393 e. The van der Waals surface area contributed by atoms with Gasteiger partial charge in [-0.05, 0) is 38.8 Å². The lowest BCUT2D eigenvalue weighted by Gasteiger charge is -2.17. The highest BCUT2D eigenvalue weighted by atomic mass is 16.3. The van der Waals surface area contributed by atoms with Crippen LogP contribution in [0.4, 0.5) is 0 Å². The van der Waals surface area contributed by atoms with E-state index in [4.69, 9.17) is 0 Å². The van der Waals surface area contributed by atoms with Gasteiger partial charge in [0.05, 0.1) is 12.6 Å². The highest BCUT2D eigenvalue weighted by molar-refractivity contribution is 5.77. The van der Waals surface area contributed by atoms with Crippen LogP contribution in [0, 0.1) is 0 Å². The van der Waals surface area contributed by atoms with Crippen LogP contribution in [0.15, 0.2) is 30.3 Å². The molecule has 4 nitrogen and oxygen atoms in total. The molecular weight excluding hydrogens is 252 g/mol. The Balaban J connectivity index is 2.08. The van der Waals surface area contributed by atoms with Gasteiger partial charge in [-0.15, -0.1) is 0 Å². The van der Waals surface area contributed by atoms with Crippen LogP contribution in [0.25, 0.3) is 0 Å². The third-order valence-electron chi connectivity index (χ3n) is 3.15. The second kappa shape index (κ2) is 9.50. The van der Waals surface area contributed by atoms with Gasteiger partial charge in [-0.2, -0.15) is 0 Å². The maximum atomic E-state index is 11.7. The van der Waals surface area contributed by atoms with Crippen molar-refractivity contribution in [1.29, 1.82) is 0 Å². The Bertz CT molecular complexity index is 379. The fraction of sp³-hybridized carbons (Fsp3) is 0.562. The van der Waals surface area contributed by atoms with Gasteiger partial charge in [0.25, 0.3) is 0 Å². The van der Waals surface area contributed by atoms with Crippen molar-refractivity contribution in [2.24, 2.45) is 0 Å². The zero-order chi connectivity index (χ0) is 14.8. The molecule has 0 bridgehead atoms. The van der Waals surface area contributed by atoms with Crippen LogP contribution in [-0.4, -0.2) is 48.7 Å². The molecule has 0 spiro atoms. The topological polar surface area (TPSA) is 52.6 Å². The molecule has 4 heteroatoms. The first-order valence-corrected chi connectivity index (χ1v) is 7.25. The van der Waals surface area contributed by atoms with E-state index in [9.17, 15) is 9.90 Å². The number of likely N-dealkylation sites (N-methyl/N-ethyl adjacent to an activating group) is 1. The van der Waals surface area contributed by atoms with Gasteiger partial charge in [0.15, 0.2) is 0 Å². The summed E-state index contributed by atoms with van der Waals surface area (Å²) in [4.78, 5) is 13.6. The average Bonchev–Trinajstić information content (AvgIpc) is 2.42. The number of hydrogen-bond donors (Lipinski definition) is 2. The van der Waals surface area contributed by atoms with Gasteiger partial charge in [0.2, 0.25) is 5.91 Å². The molecule has 1 rings (SSSR count). The minimum atomic E-state index is -0.314. The van der Waals surface area contributed by atoms with E-state index < -0.39 is 0 Å². The minimum Gasteiger partial charge on any atom is -0.393 e. The summed E-state index contributed by atoms with van der Waals surface area (Å²) in [6.45, 7) is 3.59. The molecule has 112 valence electrons. The first-order chi connectivity index (χ1) is 9.58. The Hall–Kier alpha value is -1.39. The number of hydrogen-bond acceptors (Lipinski definition) is 3. The molecule has 0 heterocycles. The van der Waals surface area contributed by atoms with Crippen LogP contribution >= 0.6 is 0 Å². The van der Waals surface area contributed by atoms with E-state index >= 15 is 0 Å². The van der Waals surface area contributed by atoms with Crippen LogP contribution in [0.2, 0.25) is 0 Å². The summed E-state index contributed by atoms with van der Waals surface area (Å²) in [6.07, 6.45) is 2.32. The monoisotopic (exact) mass is 278 g/mol. The van der Waals surface area contributed by atoms with E-state index in [1.165, 1.54) is 5.56 Å². The molecule has 20 heavy (non-hydrogen) atoms. The van der Waals surface area contributed by atoms with Gasteiger partial charge in [-0.3, -0.25) is 9.69 Å². The quantitative estimate of drug-likeness (QED) is 0.672. The molecule has 0 aromatic heterocycles. The van der Waals surface area contributed by atoms with E-state index in [0.29, 0.717) is 19.5 Å². The first kappa shape index (κ1) is 16.7. The predicted octanol–water partition coefficient (Wildman–Crippen LogP) is 1.44. The van der Waals surface area contributed by atoms with E-state index in [-0.39, 0.29) is 12.0 Å². The molecule has 1 aromatic carbocycles. The maximum absolute atomic E-state index is 11.7. The van der Waals surface area contributed by atoms with E-state index in [2.05, 4.69) is 17.4 Å². The van der Waals surface area contributed by atoms with Gasteiger partial charge < -0.3 is 10.4 Å². The van der Waals surface area contributed by atoms with Gasteiger partial charge >= 0.3 is 0 Å². The molecule has 1 aromatic rings. The molecule has 0 aliphatic carbocycles. The summed E-state index contributed by atoms with van der Waals surface area (Å²) in [5.41, 5.74) is 1.30. The Morgan fingerprint density at radius 2 is 2.05 bits per heavy atom. The molecule has 2 N–H and O–H groups in total. The van der Waals surface area contributed by atoms with Gasteiger partial charge in [0.1, 0.15) is 0 Å². The third kappa shape index (κ3) is 7.92. The number of aliphatic hydroxyl groups excluding tert-OH is 1. The number of nitrogens with one attached hydrogen (secondary N) is 1. The van der Waals surface area contributed by atoms with Crippen molar-refractivity contribution < 1.29 is 9.90 Å². The number of benzene rings is 1. The van der Waals surface area contributed by atoms with Crippen molar-refractivity contribution in [2.75, 3.05) is 26.7 Å². The lowest BCUT2D eigenvalue weighted by Crippen LogP contribution is -2.36. The van der Waals surface area contributed by atoms with E-state index in [0.717, 1.165) is 19.4 Å². The molecule has 0 saturated heterocycles. The van der Waals surface area contributed by atoms with Crippen LogP contribution in [0.3, 0.4) is 0 Å². The van der Waals surface area contributed by atoms with E-state index in [1.54, 1.807) is 6.92 Å². The normalized spacial score (nSPS) is 12.4. The van der Waals surface area contributed by atoms with E-state index in [1.807, 2.05) is 30.1 Å². The smallest absolute Gasteiger partial charge is 0.234 e. The molecule has 0 fully saturated rings. The number of nitrogens with zero attached hydrogens (tertiary/aromatic N) is 1. The van der Waals surface area contributed by atoms with Crippen molar-refractivity contribution in [3.63, 3.8) is 0 Å². The predicted molar refractivity (Wildman–Crippen MR) is 81.6 cm³/mol. The Kier molecular flexibility index (Phi) is 7.92. The molecule has 0 radical (unpaired) electrons. The molecule has 1 atom stereocenters. The van der Waals surface area contributed by atoms with Gasteiger partial charge in [-0.25, -0.2) is 0 Å². The number of aliphatic hydroxyl groups is 1. The van der Waals surface area contributed by atoms with Gasteiger partial charge in [0, 0.05) is 13.1 Å². The SMILES string of the molecule is CC(O)CCN(C)CC(=O)NCCCc1ccccc1. The molecular formula is C16H26N2O2. The third-order valence-corrected chi connectivity index (χ3v) is 3.15. The molecule has 0 saturated carbocycles. The van der Waals surface area contributed by atoms with Crippen LogP contribution < -0.4 is 5.32 Å². The highest BCUT2D eigenvalue weighted by Crippen LogP contribution is 2.01. The lowest BCUT2D eigenvalue weighted by molar-refractivity contribution is -0.122. The van der Waals surface area contributed by atoms with Crippen LogP contribution in [-0.2, 0) is 11.2 Å². The zero-order valence-corrected chi connectivity index (χ0v) is 12.5. The molecule has 1 unspecified atom stereocenters. The van der Waals surface area contributed by atoms with Crippen molar-refractivity contribution in [3.8, 4) is 0 Å². The molecule has 0 aliphatic rings. The second-order valence-corrected chi connectivity index (χ2v) is 5.31. The van der Waals surface area contributed by atoms with Crippen LogP contribution in [0.5, 0.6) is 0 Å². The summed E-state index contributed by atoms with van der Waals surface area (Å²) in [5, 5.41) is 12.1. The standard InChI is InChI=1S/C16H26N2O2/c1-14(19)10-12-18(2)13-16(20)17-11-6-9-15-7-4-3-5-8-15/h3-5,7-8,14,19H,6,9-13H2,1-2H3,(H,17,20). The van der Waals surface area contributed by atoms with Crippen molar-refractivity contribution in [2.45, 2.75) is 32.3 Å². The summed E-state index contributed by atoms with van der Waals surface area (Å²) < 4.78 is 0. The number of amides is 1. The first-order valence-electron chi connectivity index (χ1n) is 7.25. The maximum Gasteiger partial charge on any atom is 0.234 e. The Morgan fingerprint density at radius 1 is 1.35 bits per heavy atom. The highest BCUT2D eigenvalue weighted by Gasteiger charge is 2.06. The van der Waals surface area contributed by atoms with Crippen molar-refractivity contribution in [1.82, 2.24) is 10.2 Å². The number of carbonyl (C=O) groups excluding carboxylic acids is 1. The Labute approximate surface area is 121 Å².